The molecule has 24 rings (SSSR count). The Kier molecular flexibility index (Phi) is 23.5. The molecule has 0 spiro atoms. The van der Waals surface area contributed by atoms with E-state index in [1.165, 1.54) is 96.3 Å². The molecule has 0 unspecified atom stereocenters. The highest BCUT2D eigenvalue weighted by molar-refractivity contribution is 8.00. The van der Waals surface area contributed by atoms with Gasteiger partial charge < -0.3 is 4.74 Å². The van der Waals surface area contributed by atoms with Crippen molar-refractivity contribution in [3.63, 3.8) is 0 Å². The number of para-hydroxylation sites is 2. The van der Waals surface area contributed by atoms with Gasteiger partial charge in [-0.1, -0.05) is 279 Å². The molecule has 0 radical (unpaired) electrons. The van der Waals surface area contributed by atoms with Crippen LogP contribution in [0.5, 0.6) is 11.5 Å². The van der Waals surface area contributed by atoms with Gasteiger partial charge in [-0.05, 0) is 194 Å². The molecule has 0 atom stereocenters. The summed E-state index contributed by atoms with van der Waals surface area (Å²) in [5, 5.41) is 4.46. The summed E-state index contributed by atoms with van der Waals surface area (Å²) in [4.78, 5) is 31.7. The lowest BCUT2D eigenvalue weighted by Gasteiger charge is -2.19. The molecule has 18 aromatic carbocycles. The molecule has 4 aliphatic rings. The number of hydrogen-bond donors (Lipinski definition) is 0. The lowest BCUT2D eigenvalue weighted by atomic mass is 10.0. The van der Waals surface area contributed by atoms with Gasteiger partial charge in [0.25, 0.3) is 0 Å². The summed E-state index contributed by atoms with van der Waals surface area (Å²) in [5.74, 6) is 1.94. The van der Waals surface area contributed by atoms with Gasteiger partial charge in [-0.25, -0.2) is 8.42 Å². The van der Waals surface area contributed by atoms with Crippen LogP contribution in [0.3, 0.4) is 0 Å². The fraction of sp³-hybridized carbons (Fsp3) is 0.0180. The number of fused-ring (bicyclic) bond motifs is 13. The van der Waals surface area contributed by atoms with Crippen molar-refractivity contribution in [3.05, 3.63) is 506 Å². The molecule has 4 nitrogen and oxygen atoms in total. The lowest BCUT2D eigenvalue weighted by Crippen LogP contribution is -2.20. The third kappa shape index (κ3) is 16.0. The van der Waals surface area contributed by atoms with Gasteiger partial charge >= 0.3 is 0 Å². The molecular weight excluding hydrogens is 1620 g/mol. The van der Waals surface area contributed by atoms with Gasteiger partial charge in [0, 0.05) is 66.8 Å². The molecule has 2 aromatic heterocycles. The Balaban J connectivity index is 0.0000000964. The van der Waals surface area contributed by atoms with Crippen molar-refractivity contribution in [2.75, 3.05) is 0 Å². The van der Waals surface area contributed by atoms with Crippen LogP contribution in [0.1, 0.15) is 22.3 Å². The maximum Gasteiger partial charge on any atom is 0.216 e. The second-order valence-corrected chi connectivity index (χ2v) is 42.9. The van der Waals surface area contributed by atoms with Crippen LogP contribution in [0.15, 0.2) is 547 Å². The van der Waals surface area contributed by atoms with Crippen molar-refractivity contribution in [1.82, 2.24) is 0 Å². The smallest absolute Gasteiger partial charge is 0.216 e. The molecule has 0 bridgehead atoms. The fourth-order valence-corrected chi connectivity index (χ4v) is 32.8. The predicted octanol–water partition coefficient (Wildman–Crippen LogP) is 29.0. The zero-order valence-corrected chi connectivity index (χ0v) is 72.2. The van der Waals surface area contributed by atoms with E-state index >= 15 is 0 Å². The Labute approximate surface area is 729 Å². The first-order chi connectivity index (χ1) is 60.3. The molecule has 0 amide bonds. The van der Waals surface area contributed by atoms with E-state index < -0.39 is 9.84 Å². The van der Waals surface area contributed by atoms with Crippen LogP contribution in [-0.4, -0.2) is 8.42 Å². The number of thiophene rings is 1. The first-order valence-corrected chi connectivity index (χ1v) is 49.4. The standard InChI is InChI=1S/C19H13OS.2C19H15S.C18H13O2S2.C18H13OS.C18H13S/c20-19-15-10-4-6-12-17(15)21(14-8-2-1-3-9-14)18-13-7-5-11-16(18)19;2*1-2-10-17(11-3-1)20-18-12-6-4-8-15(18)14-16-9-5-7-13-19(16)20;19-22(20)17-12-6-4-10-15(17)21(14-8-2-1-3-9-14)16-11-5-7-13-18(16)22;1-2-8-14(9-3-1)20-17-12-6-4-10-15(17)19-16-11-5-7-13-18(16)20;1-2-8-14(9-3-1)19-17-12-6-4-10-15(17)16-11-5-7-13-18(16)19/h1-13H;2*1-13H,14H2;1-13H;1-13H;1-13H/q6*+1. The summed E-state index contributed by atoms with van der Waals surface area (Å²) in [6, 6.07) is 164. The number of ether oxygens (including phenoxy) is 1. The maximum atomic E-state index is 12.9. The highest BCUT2D eigenvalue weighted by atomic mass is 32.2. The van der Waals surface area contributed by atoms with E-state index in [0.717, 1.165) is 59.2 Å². The largest absolute Gasteiger partial charge is 0.447 e. The lowest BCUT2D eigenvalue weighted by molar-refractivity contribution is 0.453. The molecule has 20 aromatic rings. The molecule has 0 fully saturated rings. The normalized spacial score (nSPS) is 13.1. The number of rotatable bonds is 6. The van der Waals surface area contributed by atoms with E-state index in [-0.39, 0.29) is 69.9 Å². The van der Waals surface area contributed by atoms with Crippen LogP contribution in [0.2, 0.25) is 0 Å². The summed E-state index contributed by atoms with van der Waals surface area (Å²) < 4.78 is 37.0. The van der Waals surface area contributed by atoms with Gasteiger partial charge in [0.1, 0.15) is 31.6 Å². The van der Waals surface area contributed by atoms with E-state index in [1.54, 1.807) is 24.3 Å². The molecule has 6 heterocycles. The van der Waals surface area contributed by atoms with E-state index in [4.69, 9.17) is 4.74 Å². The molecule has 4 aliphatic heterocycles. The SMILES string of the molecule is O=S1(=O)c2ccccc2[S+](c2ccccc2)c2ccccc21.O=c1c2ccccc2[s+](-c2ccccc2)c2ccccc12.c1ccc(-[s+]2c3ccccc3c3ccccc32)cc1.c1ccc([S+]2c3ccccc3Cc3ccccc32)cc1.c1ccc([S+]2c3ccccc3Cc3ccccc32)cc1.c1ccc([S+]2c3ccccc3Oc3ccccc32)cc1. The van der Waals surface area contributed by atoms with Crippen LogP contribution in [0.25, 0.3) is 50.1 Å². The first kappa shape index (κ1) is 79.0. The third-order valence-corrected chi connectivity index (χ3v) is 38.0. The minimum absolute atomic E-state index is 0.0421. The number of sulfone groups is 1. The molecular formula is C111H82O4S7+6. The van der Waals surface area contributed by atoms with Crippen LogP contribution >= 0.6 is 20.9 Å². The second-order valence-electron chi connectivity index (χ2n) is 29.2. The Morgan fingerprint density at radius 3 is 0.730 bits per heavy atom. The highest BCUT2D eigenvalue weighted by Gasteiger charge is 2.46. The summed E-state index contributed by atoms with van der Waals surface area (Å²) in [6.07, 6.45) is 2.12. The topological polar surface area (TPSA) is 60.4 Å². The summed E-state index contributed by atoms with van der Waals surface area (Å²) in [7, 11) is -3.96. The Bertz CT molecular complexity index is 6690. The highest BCUT2D eigenvalue weighted by Crippen LogP contribution is 2.51. The summed E-state index contributed by atoms with van der Waals surface area (Å²) in [6.45, 7) is 0. The number of hydrogen-bond acceptors (Lipinski definition) is 4. The van der Waals surface area contributed by atoms with Crippen LogP contribution in [-0.2, 0) is 66.3 Å². The molecule has 0 saturated carbocycles. The van der Waals surface area contributed by atoms with E-state index in [0.29, 0.717) is 9.79 Å². The van der Waals surface area contributed by atoms with Gasteiger partial charge in [-0.3, -0.25) is 4.79 Å². The average Bonchev–Trinajstić information content (AvgIpc) is 0.910. The molecule has 122 heavy (non-hydrogen) atoms. The average molecular weight is 1700 g/mol. The fourth-order valence-electron chi connectivity index (χ4n) is 16.2. The maximum absolute atomic E-state index is 12.9. The van der Waals surface area contributed by atoms with Gasteiger partial charge in [-0.15, -0.1) is 0 Å². The van der Waals surface area contributed by atoms with Crippen molar-refractivity contribution in [2.45, 2.75) is 81.4 Å². The first-order valence-electron chi connectivity index (χ1n) is 40.6. The Morgan fingerprint density at radius 1 is 0.197 bits per heavy atom. The zero-order chi connectivity index (χ0) is 82.1. The summed E-state index contributed by atoms with van der Waals surface area (Å²) >= 11 is 0. The van der Waals surface area contributed by atoms with Gasteiger partial charge in [0.15, 0.2) is 89.0 Å². The third-order valence-electron chi connectivity index (χ3n) is 21.7. The second kappa shape index (κ2) is 36.3. The van der Waals surface area contributed by atoms with Crippen molar-refractivity contribution >= 4 is 115 Å². The monoisotopic (exact) mass is 1700 g/mol. The van der Waals surface area contributed by atoms with E-state index in [9.17, 15) is 13.2 Å². The van der Waals surface area contributed by atoms with Crippen LogP contribution in [0.4, 0.5) is 0 Å². The van der Waals surface area contributed by atoms with Crippen molar-refractivity contribution in [2.24, 2.45) is 0 Å². The van der Waals surface area contributed by atoms with Gasteiger partial charge in [0.2, 0.25) is 25.1 Å². The van der Waals surface area contributed by atoms with Gasteiger partial charge in [-0.2, -0.15) is 0 Å². The van der Waals surface area contributed by atoms with Crippen LogP contribution < -0.4 is 10.2 Å². The number of benzene rings is 18. The predicted molar refractivity (Wildman–Crippen MR) is 514 cm³/mol. The minimum atomic E-state index is -3.44. The Hall–Kier alpha value is -12.8. The van der Waals surface area contributed by atoms with Crippen LogP contribution in [0, 0.1) is 0 Å². The molecule has 0 N–H and O–H groups in total. The van der Waals surface area contributed by atoms with Crippen molar-refractivity contribution in [3.8, 4) is 21.3 Å². The molecule has 0 saturated heterocycles. The molecule has 0 aliphatic carbocycles. The van der Waals surface area contributed by atoms with Crippen molar-refractivity contribution < 1.29 is 13.2 Å². The Morgan fingerprint density at radius 2 is 0.410 bits per heavy atom. The minimum Gasteiger partial charge on any atom is -0.447 e. The summed E-state index contributed by atoms with van der Waals surface area (Å²) in [5.41, 5.74) is 6.02. The zero-order valence-electron chi connectivity index (χ0n) is 66.4. The van der Waals surface area contributed by atoms with E-state index in [2.05, 4.69) is 340 Å². The molecule has 586 valence electrons. The molecule has 11 heteroatoms. The van der Waals surface area contributed by atoms with Crippen molar-refractivity contribution in [1.29, 1.82) is 0 Å². The quantitative estimate of drug-likeness (QED) is 0.123. The van der Waals surface area contributed by atoms with Gasteiger partial charge in [0.05, 0.1) is 32.6 Å². The van der Waals surface area contributed by atoms with E-state index in [1.807, 2.05) is 109 Å².